The van der Waals surface area contributed by atoms with Gasteiger partial charge < -0.3 is 14.4 Å². The van der Waals surface area contributed by atoms with Crippen molar-refractivity contribution in [2.75, 3.05) is 31.1 Å². The molecule has 0 radical (unpaired) electrons. The number of amides is 1. The SMILES string of the molecule is O=C(Cn1ccccc1=O)N1CCC2(CC1)CCN(c1ncccn1)C2. The number of pyridine rings is 1. The van der Waals surface area contributed by atoms with Gasteiger partial charge in [-0.1, -0.05) is 6.07 Å². The van der Waals surface area contributed by atoms with Crippen LogP contribution < -0.4 is 10.5 Å². The Bertz CT molecular complexity index is 827. The molecule has 4 heterocycles. The number of carbonyl (C=O) groups excluding carboxylic acids is 1. The largest absolute Gasteiger partial charge is 0.341 e. The number of aromatic nitrogens is 3. The number of carbonyl (C=O) groups is 1. The molecular formula is C19H23N5O2. The van der Waals surface area contributed by atoms with Crippen LogP contribution in [0, 0.1) is 5.41 Å². The summed E-state index contributed by atoms with van der Waals surface area (Å²) in [6.07, 6.45) is 8.32. The van der Waals surface area contributed by atoms with E-state index in [-0.39, 0.29) is 23.4 Å². The molecule has 2 saturated heterocycles. The van der Waals surface area contributed by atoms with Gasteiger partial charge in [-0.2, -0.15) is 0 Å². The van der Waals surface area contributed by atoms with Gasteiger partial charge in [-0.05, 0) is 36.8 Å². The molecule has 2 aromatic rings. The van der Waals surface area contributed by atoms with Crippen molar-refractivity contribution < 1.29 is 4.79 Å². The van der Waals surface area contributed by atoms with Gasteiger partial charge in [0.25, 0.3) is 5.56 Å². The van der Waals surface area contributed by atoms with Crippen molar-refractivity contribution >= 4 is 11.9 Å². The molecule has 7 nitrogen and oxygen atoms in total. The summed E-state index contributed by atoms with van der Waals surface area (Å²) in [5.74, 6) is 0.820. The van der Waals surface area contributed by atoms with E-state index in [0.29, 0.717) is 0 Å². The minimum atomic E-state index is -0.136. The number of piperidine rings is 1. The molecule has 1 amide bonds. The predicted molar refractivity (Wildman–Crippen MR) is 97.8 cm³/mol. The average Bonchev–Trinajstić information content (AvgIpc) is 3.08. The molecule has 26 heavy (non-hydrogen) atoms. The Kier molecular flexibility index (Phi) is 4.44. The lowest BCUT2D eigenvalue weighted by atomic mass is 9.78. The van der Waals surface area contributed by atoms with E-state index in [1.807, 2.05) is 11.0 Å². The van der Waals surface area contributed by atoms with Crippen LogP contribution in [0.5, 0.6) is 0 Å². The van der Waals surface area contributed by atoms with Gasteiger partial charge in [0.2, 0.25) is 11.9 Å². The van der Waals surface area contributed by atoms with Crippen LogP contribution >= 0.6 is 0 Å². The smallest absolute Gasteiger partial charge is 0.250 e. The third-order valence-corrected chi connectivity index (χ3v) is 5.65. The molecule has 2 fully saturated rings. The predicted octanol–water partition coefficient (Wildman–Crippen LogP) is 1.16. The maximum absolute atomic E-state index is 12.5. The van der Waals surface area contributed by atoms with Crippen molar-refractivity contribution in [2.24, 2.45) is 5.41 Å². The van der Waals surface area contributed by atoms with Crippen LogP contribution in [0.2, 0.25) is 0 Å². The van der Waals surface area contributed by atoms with Gasteiger partial charge in [0, 0.05) is 50.8 Å². The van der Waals surface area contributed by atoms with Crippen LogP contribution in [0.3, 0.4) is 0 Å². The van der Waals surface area contributed by atoms with E-state index in [0.717, 1.165) is 51.4 Å². The van der Waals surface area contributed by atoms with Gasteiger partial charge in [-0.3, -0.25) is 9.59 Å². The fraction of sp³-hybridized carbons (Fsp3) is 0.474. The van der Waals surface area contributed by atoms with Crippen molar-refractivity contribution in [1.82, 2.24) is 19.4 Å². The molecule has 136 valence electrons. The fourth-order valence-electron chi connectivity index (χ4n) is 4.04. The second-order valence-corrected chi connectivity index (χ2v) is 7.27. The molecule has 0 atom stereocenters. The highest BCUT2D eigenvalue weighted by Crippen LogP contribution is 2.41. The van der Waals surface area contributed by atoms with E-state index in [4.69, 9.17) is 0 Å². The average molecular weight is 353 g/mol. The Morgan fingerprint density at radius 1 is 1.04 bits per heavy atom. The zero-order valence-corrected chi connectivity index (χ0v) is 14.8. The molecule has 7 heteroatoms. The van der Waals surface area contributed by atoms with Gasteiger partial charge in [0.1, 0.15) is 6.54 Å². The Labute approximate surface area is 152 Å². The first-order valence-corrected chi connectivity index (χ1v) is 9.11. The standard InChI is InChI=1S/C19H23N5O2/c25-16-4-1-2-10-23(16)14-17(26)22-11-5-19(6-12-22)7-13-24(15-19)18-20-8-3-9-21-18/h1-4,8-10H,5-7,11-15H2. The van der Waals surface area contributed by atoms with Crippen molar-refractivity contribution in [2.45, 2.75) is 25.8 Å². The first-order chi connectivity index (χ1) is 12.7. The summed E-state index contributed by atoms with van der Waals surface area (Å²) < 4.78 is 1.47. The van der Waals surface area contributed by atoms with Crippen LogP contribution in [0.4, 0.5) is 5.95 Å². The summed E-state index contributed by atoms with van der Waals surface area (Å²) in [4.78, 5) is 37.2. The minimum absolute atomic E-state index is 0.0226. The number of nitrogens with zero attached hydrogens (tertiary/aromatic N) is 5. The number of hydrogen-bond acceptors (Lipinski definition) is 5. The van der Waals surface area contributed by atoms with Gasteiger partial charge in [0.15, 0.2) is 0 Å². The highest BCUT2D eigenvalue weighted by Gasteiger charge is 2.42. The monoisotopic (exact) mass is 353 g/mol. The van der Waals surface area contributed by atoms with Crippen LogP contribution in [0.1, 0.15) is 19.3 Å². The second kappa shape index (κ2) is 6.90. The maximum Gasteiger partial charge on any atom is 0.250 e. The van der Waals surface area contributed by atoms with Gasteiger partial charge in [-0.15, -0.1) is 0 Å². The molecule has 0 bridgehead atoms. The second-order valence-electron chi connectivity index (χ2n) is 7.27. The molecule has 4 rings (SSSR count). The zero-order chi connectivity index (χ0) is 18.0. The number of hydrogen-bond donors (Lipinski definition) is 0. The molecule has 0 saturated carbocycles. The lowest BCUT2D eigenvalue weighted by Gasteiger charge is -2.39. The maximum atomic E-state index is 12.5. The molecule has 2 aliphatic rings. The van der Waals surface area contributed by atoms with Crippen molar-refractivity contribution in [1.29, 1.82) is 0 Å². The normalized spacial score (nSPS) is 19.1. The fourth-order valence-corrected chi connectivity index (χ4v) is 4.04. The zero-order valence-electron chi connectivity index (χ0n) is 14.8. The van der Waals surface area contributed by atoms with Crippen molar-refractivity contribution in [3.05, 3.63) is 53.2 Å². The highest BCUT2D eigenvalue weighted by molar-refractivity contribution is 5.76. The molecule has 2 aliphatic heterocycles. The summed E-state index contributed by atoms with van der Waals surface area (Å²) in [6, 6.07) is 6.78. The first-order valence-electron chi connectivity index (χ1n) is 9.11. The molecule has 0 aliphatic carbocycles. The van der Waals surface area contributed by atoms with Gasteiger partial charge in [-0.25, -0.2) is 9.97 Å². The quantitative estimate of drug-likeness (QED) is 0.828. The van der Waals surface area contributed by atoms with E-state index in [9.17, 15) is 9.59 Å². The molecule has 2 aromatic heterocycles. The Hall–Kier alpha value is -2.70. The Morgan fingerprint density at radius 2 is 1.77 bits per heavy atom. The first kappa shape index (κ1) is 16.8. The number of anilines is 1. The van der Waals surface area contributed by atoms with Crippen molar-refractivity contribution in [3.63, 3.8) is 0 Å². The summed E-state index contributed by atoms with van der Waals surface area (Å²) >= 11 is 0. The molecule has 0 N–H and O–H groups in total. The van der Waals surface area contributed by atoms with E-state index in [1.165, 1.54) is 10.6 Å². The lowest BCUT2D eigenvalue weighted by Crippen LogP contribution is -2.46. The van der Waals surface area contributed by atoms with Crippen molar-refractivity contribution in [3.8, 4) is 0 Å². The summed E-state index contributed by atoms with van der Waals surface area (Å²) in [7, 11) is 0. The highest BCUT2D eigenvalue weighted by atomic mass is 16.2. The van der Waals surface area contributed by atoms with Crippen LogP contribution in [0.15, 0.2) is 47.7 Å². The number of rotatable bonds is 3. The Balaban J connectivity index is 1.35. The van der Waals surface area contributed by atoms with Crippen LogP contribution in [-0.4, -0.2) is 51.5 Å². The van der Waals surface area contributed by atoms with E-state index >= 15 is 0 Å². The molecule has 0 aromatic carbocycles. The third kappa shape index (κ3) is 3.34. The Morgan fingerprint density at radius 3 is 2.50 bits per heavy atom. The summed E-state index contributed by atoms with van der Waals surface area (Å²) in [6.45, 7) is 3.55. The van der Waals surface area contributed by atoms with E-state index < -0.39 is 0 Å². The lowest BCUT2D eigenvalue weighted by molar-refractivity contribution is -0.134. The topological polar surface area (TPSA) is 71.3 Å². The molecular weight excluding hydrogens is 330 g/mol. The molecule has 0 unspecified atom stereocenters. The van der Waals surface area contributed by atoms with E-state index in [1.54, 1.807) is 30.7 Å². The van der Waals surface area contributed by atoms with E-state index in [2.05, 4.69) is 14.9 Å². The summed E-state index contributed by atoms with van der Waals surface area (Å²) in [5.41, 5.74) is 0.114. The minimum Gasteiger partial charge on any atom is -0.341 e. The number of likely N-dealkylation sites (tertiary alicyclic amines) is 1. The van der Waals surface area contributed by atoms with Gasteiger partial charge >= 0.3 is 0 Å². The van der Waals surface area contributed by atoms with Gasteiger partial charge in [0.05, 0.1) is 0 Å². The van der Waals surface area contributed by atoms with Crippen LogP contribution in [-0.2, 0) is 11.3 Å². The van der Waals surface area contributed by atoms with Crippen LogP contribution in [0.25, 0.3) is 0 Å². The third-order valence-electron chi connectivity index (χ3n) is 5.65. The molecule has 1 spiro atoms. The summed E-state index contributed by atoms with van der Waals surface area (Å²) in [5, 5.41) is 0.